The number of hydrogen-bond donors (Lipinski definition) is 1. The number of ether oxygens (including phenoxy) is 4. The molecule has 1 saturated heterocycles. The first kappa shape index (κ1) is 25.5. The molecule has 4 rings (SSSR count). The fourth-order valence-electron chi connectivity index (χ4n) is 4.73. The van der Waals surface area contributed by atoms with Crippen LogP contribution in [-0.4, -0.2) is 72.9 Å². The Bertz CT molecular complexity index is 892. The lowest BCUT2D eigenvalue weighted by molar-refractivity contribution is 0.00502. The van der Waals surface area contributed by atoms with E-state index in [9.17, 15) is 4.79 Å². The molecule has 9 nitrogen and oxygen atoms in total. The second-order valence-corrected chi connectivity index (χ2v) is 9.02. The van der Waals surface area contributed by atoms with Crippen LogP contribution in [0.2, 0.25) is 0 Å². The highest BCUT2D eigenvalue weighted by Crippen LogP contribution is 2.34. The third-order valence-electron chi connectivity index (χ3n) is 6.63. The van der Waals surface area contributed by atoms with Crippen LogP contribution in [0.5, 0.6) is 5.88 Å². The molecule has 2 aliphatic rings. The van der Waals surface area contributed by atoms with Crippen LogP contribution in [-0.2, 0) is 20.8 Å². The fourth-order valence-corrected chi connectivity index (χ4v) is 4.73. The number of nitrogens with one attached hydrogen (secondary N) is 1. The molecule has 0 atom stereocenters. The molecule has 1 aromatic heterocycles. The smallest absolute Gasteiger partial charge is 0.412 e. The van der Waals surface area contributed by atoms with Crippen LogP contribution in [0.3, 0.4) is 0 Å². The standard InChI is InChI=1S/C26H38N4O5/c1-2-32-15-6-16-34-25-24(27-26(31)35-20-21-7-4-3-5-8-21)19-30(28-25)23-11-9-22(10-12-23)29-13-17-33-18-14-29/h3-5,7-8,19,22-23H,2,6,9-18,20H2,1H3,(H,27,31)/t22-,23-. The van der Waals surface area contributed by atoms with Gasteiger partial charge in [-0.1, -0.05) is 30.3 Å². The number of carbonyl (C=O) groups is 1. The lowest BCUT2D eigenvalue weighted by atomic mass is 9.90. The summed E-state index contributed by atoms with van der Waals surface area (Å²) in [6.07, 6.45) is 6.47. The molecule has 192 valence electrons. The highest BCUT2D eigenvalue weighted by Gasteiger charge is 2.29. The lowest BCUT2D eigenvalue weighted by Crippen LogP contribution is -2.45. The van der Waals surface area contributed by atoms with Crippen LogP contribution in [0, 0.1) is 0 Å². The highest BCUT2D eigenvalue weighted by molar-refractivity contribution is 5.86. The van der Waals surface area contributed by atoms with E-state index in [0.717, 1.165) is 64.0 Å². The van der Waals surface area contributed by atoms with Crippen molar-refractivity contribution in [3.63, 3.8) is 0 Å². The van der Waals surface area contributed by atoms with Gasteiger partial charge in [0.2, 0.25) is 0 Å². The maximum Gasteiger partial charge on any atom is 0.412 e. The Morgan fingerprint density at radius 2 is 1.83 bits per heavy atom. The molecular formula is C26H38N4O5. The van der Waals surface area contributed by atoms with Gasteiger partial charge in [-0.3, -0.25) is 14.9 Å². The summed E-state index contributed by atoms with van der Waals surface area (Å²) in [7, 11) is 0. The van der Waals surface area contributed by atoms with E-state index < -0.39 is 6.09 Å². The number of hydrogen-bond acceptors (Lipinski definition) is 7. The van der Waals surface area contributed by atoms with Gasteiger partial charge in [-0.2, -0.15) is 0 Å². The predicted molar refractivity (Wildman–Crippen MR) is 133 cm³/mol. The molecular weight excluding hydrogens is 448 g/mol. The number of anilines is 1. The second-order valence-electron chi connectivity index (χ2n) is 9.02. The van der Waals surface area contributed by atoms with Gasteiger partial charge in [0.05, 0.1) is 32.1 Å². The molecule has 0 radical (unpaired) electrons. The van der Waals surface area contributed by atoms with E-state index in [-0.39, 0.29) is 12.6 Å². The average Bonchev–Trinajstić information content (AvgIpc) is 3.31. The van der Waals surface area contributed by atoms with E-state index in [0.29, 0.717) is 37.4 Å². The van der Waals surface area contributed by atoms with E-state index in [1.54, 1.807) is 0 Å². The number of carbonyl (C=O) groups excluding carboxylic acids is 1. The topological polar surface area (TPSA) is 87.1 Å². The van der Waals surface area contributed by atoms with Crippen LogP contribution in [0.4, 0.5) is 10.5 Å². The monoisotopic (exact) mass is 486 g/mol. The first-order valence-corrected chi connectivity index (χ1v) is 12.8. The summed E-state index contributed by atoms with van der Waals surface area (Å²) < 4.78 is 24.2. The molecule has 2 aromatic rings. The Kier molecular flexibility index (Phi) is 9.80. The number of rotatable bonds is 11. The Hall–Kier alpha value is -2.62. The molecule has 0 bridgehead atoms. The van der Waals surface area contributed by atoms with Crippen molar-refractivity contribution in [2.24, 2.45) is 0 Å². The highest BCUT2D eigenvalue weighted by atomic mass is 16.5. The molecule has 35 heavy (non-hydrogen) atoms. The largest absolute Gasteiger partial charge is 0.475 e. The maximum atomic E-state index is 12.5. The maximum absolute atomic E-state index is 12.5. The number of aromatic nitrogens is 2. The van der Waals surface area contributed by atoms with Crippen molar-refractivity contribution in [3.8, 4) is 5.88 Å². The van der Waals surface area contributed by atoms with E-state index in [2.05, 4.69) is 10.2 Å². The molecule has 0 spiro atoms. The number of nitrogens with zero attached hydrogens (tertiary/aromatic N) is 3. The molecule has 9 heteroatoms. The average molecular weight is 487 g/mol. The zero-order valence-electron chi connectivity index (χ0n) is 20.7. The van der Waals surface area contributed by atoms with Crippen molar-refractivity contribution in [2.45, 2.75) is 57.7 Å². The van der Waals surface area contributed by atoms with Crippen molar-refractivity contribution < 1.29 is 23.7 Å². The third kappa shape index (κ3) is 7.68. The van der Waals surface area contributed by atoms with Gasteiger partial charge < -0.3 is 18.9 Å². The summed E-state index contributed by atoms with van der Waals surface area (Å²) in [4.78, 5) is 15.1. The Morgan fingerprint density at radius 1 is 1.09 bits per heavy atom. The summed E-state index contributed by atoms with van der Waals surface area (Å²) in [6, 6.07) is 10.5. The molecule has 1 saturated carbocycles. The normalized spacial score (nSPS) is 20.9. The van der Waals surface area contributed by atoms with Crippen molar-refractivity contribution in [2.75, 3.05) is 51.4 Å². The Labute approximate surface area is 207 Å². The van der Waals surface area contributed by atoms with E-state index in [4.69, 9.17) is 24.0 Å². The first-order chi connectivity index (χ1) is 17.2. The minimum atomic E-state index is -0.524. The van der Waals surface area contributed by atoms with Gasteiger partial charge >= 0.3 is 6.09 Å². The van der Waals surface area contributed by atoms with E-state index >= 15 is 0 Å². The van der Waals surface area contributed by atoms with Crippen molar-refractivity contribution in [1.82, 2.24) is 14.7 Å². The third-order valence-corrected chi connectivity index (χ3v) is 6.63. The minimum absolute atomic E-state index is 0.205. The van der Waals surface area contributed by atoms with Gasteiger partial charge in [-0.25, -0.2) is 4.79 Å². The molecule has 2 fully saturated rings. The first-order valence-electron chi connectivity index (χ1n) is 12.8. The quantitative estimate of drug-likeness (QED) is 0.475. The molecule has 1 aromatic carbocycles. The zero-order valence-corrected chi connectivity index (χ0v) is 20.7. The fraction of sp³-hybridized carbons (Fsp3) is 0.615. The molecule has 1 aliphatic heterocycles. The van der Waals surface area contributed by atoms with Gasteiger partial charge in [-0.05, 0) is 38.2 Å². The zero-order chi connectivity index (χ0) is 24.3. The van der Waals surface area contributed by atoms with Gasteiger partial charge in [0, 0.05) is 38.8 Å². The van der Waals surface area contributed by atoms with Gasteiger partial charge in [-0.15, -0.1) is 5.10 Å². The van der Waals surface area contributed by atoms with Crippen LogP contribution in [0.15, 0.2) is 36.5 Å². The van der Waals surface area contributed by atoms with Gasteiger partial charge in [0.1, 0.15) is 12.3 Å². The van der Waals surface area contributed by atoms with Gasteiger partial charge in [0.25, 0.3) is 5.88 Å². The van der Waals surface area contributed by atoms with Crippen LogP contribution >= 0.6 is 0 Å². The van der Waals surface area contributed by atoms with E-state index in [1.807, 2.05) is 48.1 Å². The van der Waals surface area contributed by atoms with Crippen LogP contribution in [0.1, 0.15) is 50.6 Å². The van der Waals surface area contributed by atoms with Crippen LogP contribution in [0.25, 0.3) is 0 Å². The van der Waals surface area contributed by atoms with Crippen molar-refractivity contribution in [3.05, 3.63) is 42.1 Å². The van der Waals surface area contributed by atoms with Gasteiger partial charge in [0.15, 0.2) is 0 Å². The molecule has 1 amide bonds. The van der Waals surface area contributed by atoms with Crippen LogP contribution < -0.4 is 10.1 Å². The molecule has 1 aliphatic carbocycles. The molecule has 1 N–H and O–H groups in total. The Balaban J connectivity index is 1.35. The molecule has 0 unspecified atom stereocenters. The van der Waals surface area contributed by atoms with Crippen molar-refractivity contribution in [1.29, 1.82) is 0 Å². The lowest BCUT2D eigenvalue weighted by Gasteiger charge is -2.38. The number of amides is 1. The summed E-state index contributed by atoms with van der Waals surface area (Å²) in [5.74, 6) is 0.425. The minimum Gasteiger partial charge on any atom is -0.475 e. The summed E-state index contributed by atoms with van der Waals surface area (Å²) >= 11 is 0. The number of benzene rings is 1. The predicted octanol–water partition coefficient (Wildman–Crippen LogP) is 4.25. The summed E-state index contributed by atoms with van der Waals surface area (Å²) in [5.41, 5.74) is 1.47. The number of morpholine rings is 1. The SMILES string of the molecule is CCOCCCOc1nn([C@H]2CC[C@H](N3CCOCC3)CC2)cc1NC(=O)OCc1ccccc1. The molecule has 2 heterocycles. The summed E-state index contributed by atoms with van der Waals surface area (Å²) in [5, 5.41) is 7.54. The van der Waals surface area contributed by atoms with Crippen molar-refractivity contribution >= 4 is 11.8 Å². The van der Waals surface area contributed by atoms with E-state index in [1.165, 1.54) is 0 Å². The second kappa shape index (κ2) is 13.5. The Morgan fingerprint density at radius 3 is 2.57 bits per heavy atom. The summed E-state index contributed by atoms with van der Waals surface area (Å²) in [6.45, 7) is 7.67.